The number of piperidine rings is 1. The minimum atomic E-state index is 0.412. The van der Waals surface area contributed by atoms with E-state index in [-0.39, 0.29) is 0 Å². The molecular formula is C30H35N5O. The minimum Gasteiger partial charge on any atom is -0.497 e. The first-order chi connectivity index (χ1) is 17.7. The third kappa shape index (κ3) is 5.79. The van der Waals surface area contributed by atoms with Crippen LogP contribution in [0.25, 0.3) is 11.3 Å². The highest BCUT2D eigenvalue weighted by atomic mass is 16.5. The molecule has 1 aliphatic heterocycles. The van der Waals surface area contributed by atoms with Crippen LogP contribution >= 0.6 is 0 Å². The van der Waals surface area contributed by atoms with E-state index in [1.165, 1.54) is 50.6 Å². The summed E-state index contributed by atoms with van der Waals surface area (Å²) >= 11 is 0. The van der Waals surface area contributed by atoms with Crippen LogP contribution in [0.1, 0.15) is 50.5 Å². The second-order valence-corrected chi connectivity index (χ2v) is 10.1. The zero-order chi connectivity index (χ0) is 24.7. The normalized spacial score (nSPS) is 22.0. The number of nitrogens with one attached hydrogen (secondary N) is 1. The van der Waals surface area contributed by atoms with Crippen molar-refractivity contribution in [3.63, 3.8) is 0 Å². The van der Waals surface area contributed by atoms with Gasteiger partial charge in [-0.25, -0.2) is 9.97 Å². The van der Waals surface area contributed by atoms with Crippen molar-refractivity contribution in [3.8, 4) is 23.1 Å². The van der Waals surface area contributed by atoms with Crippen molar-refractivity contribution in [2.45, 2.75) is 51.0 Å². The lowest BCUT2D eigenvalue weighted by molar-refractivity contribution is 0.247. The van der Waals surface area contributed by atoms with Crippen LogP contribution < -0.4 is 15.0 Å². The number of aromatic nitrogens is 2. The van der Waals surface area contributed by atoms with Crippen LogP contribution in [0.5, 0.6) is 5.75 Å². The Kier molecular flexibility index (Phi) is 7.66. The van der Waals surface area contributed by atoms with Gasteiger partial charge in [0.15, 0.2) is 0 Å². The molecule has 36 heavy (non-hydrogen) atoms. The summed E-state index contributed by atoms with van der Waals surface area (Å²) in [5.74, 6) is 2.89. The quantitative estimate of drug-likeness (QED) is 0.427. The molecule has 6 nitrogen and oxygen atoms in total. The van der Waals surface area contributed by atoms with Gasteiger partial charge >= 0.3 is 0 Å². The summed E-state index contributed by atoms with van der Waals surface area (Å²) in [6.07, 6.45) is 10.6. The minimum absolute atomic E-state index is 0.412. The molecule has 2 fully saturated rings. The molecular weight excluding hydrogens is 446 g/mol. The molecule has 1 N–H and O–H groups in total. The van der Waals surface area contributed by atoms with Crippen LogP contribution in [0.3, 0.4) is 0 Å². The summed E-state index contributed by atoms with van der Waals surface area (Å²) in [6.45, 7) is 2.19. The van der Waals surface area contributed by atoms with E-state index in [9.17, 15) is 0 Å². The number of methoxy groups -OCH3 is 1. The van der Waals surface area contributed by atoms with Crippen molar-refractivity contribution in [1.29, 1.82) is 5.26 Å². The van der Waals surface area contributed by atoms with Crippen molar-refractivity contribution in [2.75, 3.05) is 30.4 Å². The lowest BCUT2D eigenvalue weighted by atomic mass is 9.77. The summed E-state index contributed by atoms with van der Waals surface area (Å²) in [7, 11) is 1.68. The zero-order valence-corrected chi connectivity index (χ0v) is 21.1. The van der Waals surface area contributed by atoms with Crippen LogP contribution in [0.2, 0.25) is 0 Å². The molecule has 0 spiro atoms. The molecule has 0 radical (unpaired) electrons. The van der Waals surface area contributed by atoms with E-state index in [2.05, 4.69) is 33.4 Å². The zero-order valence-electron chi connectivity index (χ0n) is 21.1. The Bertz CT molecular complexity index is 1170. The third-order valence-corrected chi connectivity index (χ3v) is 7.78. The predicted molar refractivity (Wildman–Crippen MR) is 144 cm³/mol. The molecule has 2 aromatic carbocycles. The second kappa shape index (κ2) is 11.4. The van der Waals surface area contributed by atoms with E-state index in [4.69, 9.17) is 15.0 Å². The van der Waals surface area contributed by atoms with Crippen molar-refractivity contribution in [2.24, 2.45) is 11.8 Å². The van der Waals surface area contributed by atoms with Gasteiger partial charge in [-0.05, 0) is 98.5 Å². The van der Waals surface area contributed by atoms with Gasteiger partial charge in [0.1, 0.15) is 5.75 Å². The van der Waals surface area contributed by atoms with Gasteiger partial charge in [-0.1, -0.05) is 12.8 Å². The topological polar surface area (TPSA) is 74.1 Å². The van der Waals surface area contributed by atoms with Crippen LogP contribution in [-0.2, 0) is 0 Å². The van der Waals surface area contributed by atoms with Crippen LogP contribution in [0.15, 0.2) is 60.8 Å². The Balaban J connectivity index is 1.23. The maximum Gasteiger partial charge on any atom is 0.223 e. The molecule has 5 rings (SSSR count). The van der Waals surface area contributed by atoms with Gasteiger partial charge in [-0.15, -0.1) is 0 Å². The largest absolute Gasteiger partial charge is 0.497 e. The highest BCUT2D eigenvalue weighted by molar-refractivity contribution is 5.61. The number of benzene rings is 2. The molecule has 1 aliphatic carbocycles. The van der Waals surface area contributed by atoms with Gasteiger partial charge in [0, 0.05) is 36.6 Å². The van der Waals surface area contributed by atoms with Gasteiger partial charge < -0.3 is 15.0 Å². The van der Waals surface area contributed by atoms with Crippen molar-refractivity contribution < 1.29 is 4.74 Å². The van der Waals surface area contributed by atoms with E-state index in [0.29, 0.717) is 17.9 Å². The van der Waals surface area contributed by atoms with Gasteiger partial charge in [-0.3, -0.25) is 0 Å². The fraction of sp³-hybridized carbons (Fsp3) is 0.433. The molecule has 1 aromatic heterocycles. The fourth-order valence-corrected chi connectivity index (χ4v) is 5.86. The average molecular weight is 482 g/mol. The van der Waals surface area contributed by atoms with E-state index in [1.54, 1.807) is 7.11 Å². The summed E-state index contributed by atoms with van der Waals surface area (Å²) in [6, 6.07) is 20.7. The number of hydrogen-bond donors (Lipinski definition) is 1. The molecule has 0 bridgehead atoms. The van der Waals surface area contributed by atoms with E-state index in [1.807, 2.05) is 48.7 Å². The molecule has 3 aromatic rings. The average Bonchev–Trinajstić information content (AvgIpc) is 2.94. The summed E-state index contributed by atoms with van der Waals surface area (Å²) in [5, 5.41) is 12.8. The molecule has 2 aliphatic rings. The number of rotatable bonds is 7. The van der Waals surface area contributed by atoms with E-state index in [0.717, 1.165) is 41.6 Å². The Morgan fingerprint density at radius 2 is 1.81 bits per heavy atom. The number of nitriles is 1. The molecule has 2 heterocycles. The standard InChI is InChI=1S/C30H35N5O/c1-36-27-14-10-24(11-15-27)29-16-17-32-30(34-29)33-28-7-3-2-6-25(28)19-23-5-4-18-35(21-23)26-12-8-22(20-31)9-13-26/h8-17,23,25,28H,2-7,18-19,21H2,1H3,(H,32,33,34)/t23-,25+,28-/m1/s1. The van der Waals surface area contributed by atoms with Crippen LogP contribution in [0, 0.1) is 23.2 Å². The Morgan fingerprint density at radius 3 is 2.58 bits per heavy atom. The predicted octanol–water partition coefficient (Wildman–Crippen LogP) is 6.30. The smallest absolute Gasteiger partial charge is 0.223 e. The molecule has 3 atom stereocenters. The summed E-state index contributed by atoms with van der Waals surface area (Å²) in [5.41, 5.74) is 3.95. The van der Waals surface area contributed by atoms with Crippen LogP contribution in [-0.4, -0.2) is 36.2 Å². The maximum atomic E-state index is 9.10. The number of nitrogens with zero attached hydrogens (tertiary/aromatic N) is 4. The molecule has 186 valence electrons. The van der Waals surface area contributed by atoms with Crippen molar-refractivity contribution in [1.82, 2.24) is 9.97 Å². The van der Waals surface area contributed by atoms with Gasteiger partial charge in [-0.2, -0.15) is 5.26 Å². The number of ether oxygens (including phenoxy) is 1. The Hall–Kier alpha value is -3.59. The number of hydrogen-bond acceptors (Lipinski definition) is 6. The molecule has 1 saturated carbocycles. The lowest BCUT2D eigenvalue weighted by Crippen LogP contribution is -2.39. The highest BCUT2D eigenvalue weighted by Gasteiger charge is 2.30. The summed E-state index contributed by atoms with van der Waals surface area (Å²) in [4.78, 5) is 11.9. The highest BCUT2D eigenvalue weighted by Crippen LogP contribution is 2.35. The maximum absolute atomic E-state index is 9.10. The lowest BCUT2D eigenvalue weighted by Gasteiger charge is -2.39. The van der Waals surface area contributed by atoms with E-state index >= 15 is 0 Å². The van der Waals surface area contributed by atoms with Crippen molar-refractivity contribution in [3.05, 3.63) is 66.4 Å². The van der Waals surface area contributed by atoms with Crippen molar-refractivity contribution >= 4 is 11.6 Å². The fourth-order valence-electron chi connectivity index (χ4n) is 5.86. The van der Waals surface area contributed by atoms with E-state index < -0.39 is 0 Å². The second-order valence-electron chi connectivity index (χ2n) is 10.1. The molecule has 0 unspecified atom stereocenters. The first-order valence-electron chi connectivity index (χ1n) is 13.2. The first-order valence-corrected chi connectivity index (χ1v) is 13.2. The monoisotopic (exact) mass is 481 g/mol. The number of anilines is 2. The Morgan fingerprint density at radius 1 is 1.00 bits per heavy atom. The van der Waals surface area contributed by atoms with Crippen LogP contribution in [0.4, 0.5) is 11.6 Å². The van der Waals surface area contributed by atoms with Gasteiger partial charge in [0.05, 0.1) is 24.4 Å². The molecule has 1 saturated heterocycles. The summed E-state index contributed by atoms with van der Waals surface area (Å²) < 4.78 is 5.28. The van der Waals surface area contributed by atoms with Gasteiger partial charge in [0.2, 0.25) is 5.95 Å². The molecule has 6 heteroatoms. The molecule has 0 amide bonds. The Labute approximate surface area is 214 Å². The first kappa shape index (κ1) is 24.1. The van der Waals surface area contributed by atoms with Gasteiger partial charge in [0.25, 0.3) is 0 Å². The third-order valence-electron chi connectivity index (χ3n) is 7.78. The SMILES string of the molecule is COc1ccc(-c2ccnc(N[C@@H]3CCCC[C@H]3C[C@H]3CCCN(c4ccc(C#N)cc4)C3)n2)cc1.